The van der Waals surface area contributed by atoms with E-state index in [-0.39, 0.29) is 5.91 Å². The summed E-state index contributed by atoms with van der Waals surface area (Å²) < 4.78 is 1.78. The first-order valence-electron chi connectivity index (χ1n) is 4.07. The molecule has 0 spiro atoms. The minimum atomic E-state index is 0.00926. The van der Waals surface area contributed by atoms with E-state index in [9.17, 15) is 4.79 Å². The van der Waals surface area contributed by atoms with Crippen molar-refractivity contribution >= 4 is 12.1 Å². The largest absolute Gasteiger partial charge is 0.323 e. The maximum absolute atomic E-state index is 10.2. The predicted molar refractivity (Wildman–Crippen MR) is 57.3 cm³/mol. The zero-order valence-electron chi connectivity index (χ0n) is 8.55. The molecule has 1 aromatic heterocycles. The fourth-order valence-corrected chi connectivity index (χ4v) is 0.506. The monoisotopic (exact) mass is 193 g/mol. The van der Waals surface area contributed by atoms with Gasteiger partial charge in [0.05, 0.1) is 6.33 Å². The van der Waals surface area contributed by atoms with Gasteiger partial charge in [0.15, 0.2) is 0 Å². The number of hydrogen-bond donors (Lipinski definition) is 0. The number of amides is 1. The van der Waals surface area contributed by atoms with Crippen molar-refractivity contribution in [3.8, 4) is 0 Å². The van der Waals surface area contributed by atoms with E-state index in [1.165, 1.54) is 18.0 Å². The summed E-state index contributed by atoms with van der Waals surface area (Å²) in [5.41, 5.74) is 0. The van der Waals surface area contributed by atoms with E-state index in [4.69, 9.17) is 0 Å². The van der Waals surface area contributed by atoms with Crippen molar-refractivity contribution in [1.29, 1.82) is 0 Å². The minimum absolute atomic E-state index is 0.00926. The summed E-state index contributed by atoms with van der Waals surface area (Å²) in [6.45, 7) is 8.40. The first-order chi connectivity index (χ1) is 6.61. The van der Waals surface area contributed by atoms with E-state index in [1.807, 2.05) is 6.20 Å². The Morgan fingerprint density at radius 3 is 2.36 bits per heavy atom. The SMILES string of the molecule is C=CN(C)C(C)=O.C=Cn1ccnc1. The third-order valence-electron chi connectivity index (χ3n) is 1.51. The fourth-order valence-electron chi connectivity index (χ4n) is 0.506. The van der Waals surface area contributed by atoms with Gasteiger partial charge < -0.3 is 9.47 Å². The molecule has 0 N–H and O–H groups in total. The first kappa shape index (κ1) is 12.2. The summed E-state index contributed by atoms with van der Waals surface area (Å²) >= 11 is 0. The average molecular weight is 193 g/mol. The van der Waals surface area contributed by atoms with Gasteiger partial charge in [0.1, 0.15) is 0 Å². The van der Waals surface area contributed by atoms with Crippen molar-refractivity contribution in [3.63, 3.8) is 0 Å². The maximum Gasteiger partial charge on any atom is 0.223 e. The topological polar surface area (TPSA) is 38.1 Å². The molecule has 1 heterocycles. The van der Waals surface area contributed by atoms with Crippen LogP contribution in [0.25, 0.3) is 6.20 Å². The highest BCUT2D eigenvalue weighted by atomic mass is 16.2. The van der Waals surface area contributed by atoms with Gasteiger partial charge in [-0.2, -0.15) is 0 Å². The molecule has 4 heteroatoms. The highest BCUT2D eigenvalue weighted by Gasteiger charge is 1.90. The molecule has 1 rings (SSSR count). The van der Waals surface area contributed by atoms with E-state index in [0.717, 1.165) is 0 Å². The number of imidazole rings is 1. The van der Waals surface area contributed by atoms with Crippen LogP contribution in [0.4, 0.5) is 0 Å². The van der Waals surface area contributed by atoms with Gasteiger partial charge >= 0.3 is 0 Å². The molecule has 1 amide bonds. The molecule has 0 aromatic carbocycles. The van der Waals surface area contributed by atoms with Gasteiger partial charge in [-0.3, -0.25) is 4.79 Å². The quantitative estimate of drug-likeness (QED) is 0.715. The third kappa shape index (κ3) is 4.92. The fraction of sp³-hybridized carbons (Fsp3) is 0.200. The molecule has 0 unspecified atom stereocenters. The third-order valence-corrected chi connectivity index (χ3v) is 1.51. The van der Waals surface area contributed by atoms with Crippen molar-refractivity contribution in [2.24, 2.45) is 0 Å². The van der Waals surface area contributed by atoms with Crippen molar-refractivity contribution in [3.05, 3.63) is 38.1 Å². The van der Waals surface area contributed by atoms with Gasteiger partial charge in [0.2, 0.25) is 5.91 Å². The van der Waals surface area contributed by atoms with Gasteiger partial charge in [-0.25, -0.2) is 4.98 Å². The van der Waals surface area contributed by atoms with E-state index in [1.54, 1.807) is 30.3 Å². The Morgan fingerprint density at radius 1 is 1.57 bits per heavy atom. The molecule has 0 fully saturated rings. The molecule has 0 saturated carbocycles. The van der Waals surface area contributed by atoms with Crippen molar-refractivity contribution < 1.29 is 4.79 Å². The number of hydrogen-bond acceptors (Lipinski definition) is 2. The molecular formula is C10H15N3O. The van der Waals surface area contributed by atoms with Gasteiger partial charge in [0, 0.05) is 32.6 Å². The van der Waals surface area contributed by atoms with Crippen LogP contribution in [0.15, 0.2) is 38.1 Å². The Bertz CT molecular complexity index is 290. The van der Waals surface area contributed by atoms with Gasteiger partial charge in [-0.05, 0) is 6.20 Å². The Balaban J connectivity index is 0.000000241. The van der Waals surface area contributed by atoms with Crippen LogP contribution in [0.2, 0.25) is 0 Å². The first-order valence-corrected chi connectivity index (χ1v) is 4.07. The van der Waals surface area contributed by atoms with Crippen LogP contribution in [0, 0.1) is 0 Å². The molecule has 14 heavy (non-hydrogen) atoms. The summed E-state index contributed by atoms with van der Waals surface area (Å²) in [5.74, 6) is 0.00926. The predicted octanol–water partition coefficient (Wildman–Crippen LogP) is 1.59. The zero-order chi connectivity index (χ0) is 11.0. The van der Waals surface area contributed by atoms with Crippen LogP contribution in [-0.4, -0.2) is 27.4 Å². The second kappa shape index (κ2) is 6.65. The Hall–Kier alpha value is -1.84. The lowest BCUT2D eigenvalue weighted by atomic mass is 10.6. The van der Waals surface area contributed by atoms with E-state index < -0.39 is 0 Å². The number of rotatable bonds is 2. The second-order valence-electron chi connectivity index (χ2n) is 2.50. The minimum Gasteiger partial charge on any atom is -0.323 e. The number of carbonyl (C=O) groups excluding carboxylic acids is 1. The van der Waals surface area contributed by atoms with Crippen molar-refractivity contribution in [2.75, 3.05) is 7.05 Å². The molecular weight excluding hydrogens is 178 g/mol. The highest BCUT2D eigenvalue weighted by molar-refractivity contribution is 5.73. The Morgan fingerprint density at radius 2 is 2.21 bits per heavy atom. The summed E-state index contributed by atoms with van der Waals surface area (Å²) in [6.07, 6.45) is 8.39. The maximum atomic E-state index is 10.2. The van der Waals surface area contributed by atoms with Crippen molar-refractivity contribution in [2.45, 2.75) is 6.92 Å². The summed E-state index contributed by atoms with van der Waals surface area (Å²) in [7, 11) is 1.66. The molecule has 0 aliphatic carbocycles. The van der Waals surface area contributed by atoms with Crippen LogP contribution < -0.4 is 0 Å². The molecule has 0 aliphatic rings. The summed E-state index contributed by atoms with van der Waals surface area (Å²) in [5, 5.41) is 0. The molecule has 0 aliphatic heterocycles. The molecule has 4 nitrogen and oxygen atoms in total. The van der Waals surface area contributed by atoms with Crippen molar-refractivity contribution in [1.82, 2.24) is 14.5 Å². The lowest BCUT2D eigenvalue weighted by molar-refractivity contribution is -0.125. The molecule has 0 atom stereocenters. The lowest BCUT2D eigenvalue weighted by Crippen LogP contribution is -2.15. The van der Waals surface area contributed by atoms with Crippen LogP contribution in [0.1, 0.15) is 6.92 Å². The van der Waals surface area contributed by atoms with E-state index in [2.05, 4.69) is 18.1 Å². The van der Waals surface area contributed by atoms with Crippen LogP contribution in [-0.2, 0) is 4.79 Å². The second-order valence-corrected chi connectivity index (χ2v) is 2.50. The summed E-state index contributed by atoms with van der Waals surface area (Å²) in [4.78, 5) is 15.4. The Kier molecular flexibility index (Phi) is 5.78. The van der Waals surface area contributed by atoms with E-state index in [0.29, 0.717) is 0 Å². The van der Waals surface area contributed by atoms with Gasteiger partial charge in [-0.15, -0.1) is 0 Å². The lowest BCUT2D eigenvalue weighted by Gasteiger charge is -2.04. The smallest absolute Gasteiger partial charge is 0.223 e. The van der Waals surface area contributed by atoms with E-state index >= 15 is 0 Å². The summed E-state index contributed by atoms with van der Waals surface area (Å²) in [6, 6.07) is 0. The molecule has 76 valence electrons. The van der Waals surface area contributed by atoms with Crippen LogP contribution in [0.3, 0.4) is 0 Å². The normalized spacial score (nSPS) is 8.14. The van der Waals surface area contributed by atoms with Gasteiger partial charge in [0.25, 0.3) is 0 Å². The zero-order valence-corrected chi connectivity index (χ0v) is 8.55. The molecule has 0 bridgehead atoms. The highest BCUT2D eigenvalue weighted by Crippen LogP contribution is 1.81. The average Bonchev–Trinajstić information content (AvgIpc) is 2.69. The number of nitrogens with zero attached hydrogens (tertiary/aromatic N) is 3. The Labute approximate surface area is 84.2 Å². The number of aromatic nitrogens is 2. The number of carbonyl (C=O) groups is 1. The van der Waals surface area contributed by atoms with Crippen LogP contribution in [0.5, 0.6) is 0 Å². The standard InChI is InChI=1S/C5H6N2.C5H9NO/c1-2-7-4-3-6-5-7;1-4-6(3)5(2)7/h2-5H,1H2;4H,1H2,2-3H3. The molecule has 0 radical (unpaired) electrons. The van der Waals surface area contributed by atoms with Crippen LogP contribution >= 0.6 is 0 Å². The molecule has 1 aromatic rings. The van der Waals surface area contributed by atoms with Gasteiger partial charge in [-0.1, -0.05) is 13.2 Å². The molecule has 0 saturated heterocycles.